The lowest BCUT2D eigenvalue weighted by Crippen LogP contribution is -2.46. The third-order valence-corrected chi connectivity index (χ3v) is 4.55. The zero-order chi connectivity index (χ0) is 22.6. The van der Waals surface area contributed by atoms with Gasteiger partial charge in [0.2, 0.25) is 0 Å². The Morgan fingerprint density at radius 3 is 2.30 bits per heavy atom. The van der Waals surface area contributed by atoms with Crippen LogP contribution in [0.4, 0.5) is 0 Å². The number of aromatic nitrogens is 1. The summed E-state index contributed by atoms with van der Waals surface area (Å²) >= 11 is 0. The number of nitrogens with one attached hydrogen (secondary N) is 1. The molecule has 1 N–H and O–H groups in total. The molecule has 2 rings (SSSR count). The number of carbonyl (C=O) groups is 2. The van der Waals surface area contributed by atoms with E-state index in [1.165, 1.54) is 18.6 Å². The minimum atomic E-state index is -1.01. The molecule has 1 aromatic carbocycles. The van der Waals surface area contributed by atoms with Crippen molar-refractivity contribution < 1.29 is 14.3 Å². The Morgan fingerprint density at radius 1 is 1.17 bits per heavy atom. The van der Waals surface area contributed by atoms with E-state index in [0.29, 0.717) is 0 Å². The topological polar surface area (TPSA) is 84.1 Å². The summed E-state index contributed by atoms with van der Waals surface area (Å²) in [4.78, 5) is 24.6. The Kier molecular flexibility index (Phi) is 6.88. The monoisotopic (exact) mass is 407 g/mol. The second-order valence-electron chi connectivity index (χ2n) is 8.45. The predicted molar refractivity (Wildman–Crippen MR) is 117 cm³/mol. The van der Waals surface area contributed by atoms with Crippen molar-refractivity contribution in [2.45, 2.75) is 60.1 Å². The average Bonchev–Trinajstić information content (AvgIpc) is 2.92. The molecule has 1 heterocycles. The summed E-state index contributed by atoms with van der Waals surface area (Å²) in [6.07, 6.45) is 0.498. The van der Waals surface area contributed by atoms with Crippen LogP contribution in [-0.2, 0) is 14.3 Å². The van der Waals surface area contributed by atoms with E-state index in [2.05, 4.69) is 9.88 Å². The van der Waals surface area contributed by atoms with Crippen LogP contribution >= 0.6 is 0 Å². The van der Waals surface area contributed by atoms with Crippen molar-refractivity contribution in [1.82, 2.24) is 9.88 Å². The first-order valence-electron chi connectivity index (χ1n) is 9.83. The number of aryl methyl sites for hydroxylation is 2. The van der Waals surface area contributed by atoms with Gasteiger partial charge in [-0.05, 0) is 78.3 Å². The lowest BCUT2D eigenvalue weighted by Gasteiger charge is -2.23. The number of benzene rings is 1. The Bertz CT molecular complexity index is 1020. The molecule has 0 spiro atoms. The fraction of sp³-hybridized carbons (Fsp3) is 0.375. The quantitative estimate of drug-likeness (QED) is 0.458. The van der Waals surface area contributed by atoms with Crippen molar-refractivity contribution in [3.05, 3.63) is 58.4 Å². The third-order valence-electron chi connectivity index (χ3n) is 4.55. The molecule has 6 nitrogen and oxygen atoms in total. The number of hydrogen-bond donors (Lipinski definition) is 1. The largest absolute Gasteiger partial charge is 0.448 e. The van der Waals surface area contributed by atoms with Crippen LogP contribution in [0.1, 0.15) is 50.2 Å². The van der Waals surface area contributed by atoms with Crippen LogP contribution in [0, 0.1) is 32.1 Å². The Morgan fingerprint density at radius 2 is 1.77 bits per heavy atom. The first kappa shape index (κ1) is 23.0. The first-order chi connectivity index (χ1) is 13.9. The number of ether oxygens (including phenoxy) is 1. The van der Waals surface area contributed by atoms with Crippen LogP contribution in [0.2, 0.25) is 0 Å². The lowest BCUT2D eigenvalue weighted by molar-refractivity contribution is -0.151. The van der Waals surface area contributed by atoms with Gasteiger partial charge in [-0.1, -0.05) is 17.7 Å². The number of amides is 1. The number of nitrogens with zero attached hydrogens (tertiary/aromatic N) is 2. The van der Waals surface area contributed by atoms with Crippen LogP contribution in [0.3, 0.4) is 0 Å². The van der Waals surface area contributed by atoms with Crippen molar-refractivity contribution >= 4 is 18.0 Å². The fourth-order valence-electron chi connectivity index (χ4n) is 3.07. The standard InChI is InChI=1S/C24H29N3O3/c1-15-8-10-21(11-9-15)27-16(2)12-19(17(27)3)13-20(14-25)23(29)30-18(4)22(28)26-24(5,6)7/h8-13,18H,1-7H3,(H,26,28)/b20-13+/t18-/m1/s1. The van der Waals surface area contributed by atoms with Crippen LogP contribution in [0.5, 0.6) is 0 Å². The number of rotatable bonds is 5. The molecule has 0 aliphatic heterocycles. The molecule has 158 valence electrons. The number of carbonyl (C=O) groups excluding carboxylic acids is 2. The fourth-order valence-corrected chi connectivity index (χ4v) is 3.07. The second-order valence-corrected chi connectivity index (χ2v) is 8.45. The van der Waals surface area contributed by atoms with Gasteiger partial charge in [-0.2, -0.15) is 5.26 Å². The third kappa shape index (κ3) is 5.60. The Hall–Kier alpha value is -3.33. The van der Waals surface area contributed by atoms with Crippen molar-refractivity contribution in [3.63, 3.8) is 0 Å². The molecule has 0 bridgehead atoms. The molecule has 2 aromatic rings. The van der Waals surface area contributed by atoms with E-state index in [-0.39, 0.29) is 5.57 Å². The van der Waals surface area contributed by atoms with Gasteiger partial charge in [0, 0.05) is 22.6 Å². The van der Waals surface area contributed by atoms with Gasteiger partial charge in [0.15, 0.2) is 6.10 Å². The highest BCUT2D eigenvalue weighted by Gasteiger charge is 2.24. The number of esters is 1. The van der Waals surface area contributed by atoms with E-state index < -0.39 is 23.5 Å². The van der Waals surface area contributed by atoms with Gasteiger partial charge in [0.25, 0.3) is 5.91 Å². The van der Waals surface area contributed by atoms with Gasteiger partial charge in [0.05, 0.1) is 0 Å². The molecule has 0 saturated carbocycles. The molecule has 0 aliphatic rings. The minimum Gasteiger partial charge on any atom is -0.448 e. The van der Waals surface area contributed by atoms with E-state index in [9.17, 15) is 14.9 Å². The van der Waals surface area contributed by atoms with E-state index in [1.54, 1.807) is 0 Å². The normalized spacial score (nSPS) is 12.8. The van der Waals surface area contributed by atoms with Gasteiger partial charge < -0.3 is 14.6 Å². The summed E-state index contributed by atoms with van der Waals surface area (Å²) in [5.74, 6) is -1.24. The molecule has 0 aliphatic carbocycles. The van der Waals surface area contributed by atoms with Crippen LogP contribution in [-0.4, -0.2) is 28.1 Å². The van der Waals surface area contributed by atoms with E-state index in [0.717, 1.165) is 22.6 Å². The molecular formula is C24H29N3O3. The van der Waals surface area contributed by atoms with Crippen molar-refractivity contribution in [1.29, 1.82) is 5.26 Å². The molecule has 1 atom stereocenters. The molecule has 0 saturated heterocycles. The maximum Gasteiger partial charge on any atom is 0.349 e. The summed E-state index contributed by atoms with van der Waals surface area (Å²) < 4.78 is 7.27. The molecular weight excluding hydrogens is 378 g/mol. The zero-order valence-electron chi connectivity index (χ0n) is 18.7. The highest BCUT2D eigenvalue weighted by molar-refractivity contribution is 5.99. The average molecular weight is 408 g/mol. The van der Waals surface area contributed by atoms with Gasteiger partial charge in [-0.15, -0.1) is 0 Å². The smallest absolute Gasteiger partial charge is 0.349 e. The van der Waals surface area contributed by atoms with Crippen LogP contribution in [0.15, 0.2) is 35.9 Å². The summed E-state index contributed by atoms with van der Waals surface area (Å²) in [5.41, 5.74) is 4.19. The summed E-state index contributed by atoms with van der Waals surface area (Å²) in [6.45, 7) is 12.9. The maximum atomic E-state index is 12.5. The summed E-state index contributed by atoms with van der Waals surface area (Å²) in [7, 11) is 0. The molecule has 6 heteroatoms. The second kappa shape index (κ2) is 9.00. The van der Waals surface area contributed by atoms with Crippen molar-refractivity contribution in [2.75, 3.05) is 0 Å². The summed E-state index contributed by atoms with van der Waals surface area (Å²) in [6, 6.07) is 11.9. The maximum absolute atomic E-state index is 12.5. The highest BCUT2D eigenvalue weighted by atomic mass is 16.5. The summed E-state index contributed by atoms with van der Waals surface area (Å²) in [5, 5.41) is 12.2. The Balaban J connectivity index is 2.27. The van der Waals surface area contributed by atoms with Gasteiger partial charge in [-0.25, -0.2) is 4.79 Å². The predicted octanol–water partition coefficient (Wildman–Crippen LogP) is 4.16. The van der Waals surface area contributed by atoms with Gasteiger partial charge in [-0.3, -0.25) is 4.79 Å². The van der Waals surface area contributed by atoms with Crippen LogP contribution in [0.25, 0.3) is 11.8 Å². The lowest BCUT2D eigenvalue weighted by atomic mass is 10.1. The molecule has 0 unspecified atom stereocenters. The number of hydrogen-bond acceptors (Lipinski definition) is 4. The first-order valence-corrected chi connectivity index (χ1v) is 9.83. The zero-order valence-corrected chi connectivity index (χ0v) is 18.7. The van der Waals surface area contributed by atoms with Gasteiger partial charge in [0.1, 0.15) is 11.6 Å². The molecule has 1 amide bonds. The molecule has 0 radical (unpaired) electrons. The van der Waals surface area contributed by atoms with Gasteiger partial charge >= 0.3 is 5.97 Å². The van der Waals surface area contributed by atoms with Crippen molar-refractivity contribution in [3.8, 4) is 11.8 Å². The minimum absolute atomic E-state index is 0.158. The van der Waals surface area contributed by atoms with E-state index in [4.69, 9.17) is 4.74 Å². The van der Waals surface area contributed by atoms with Crippen molar-refractivity contribution in [2.24, 2.45) is 0 Å². The van der Waals surface area contributed by atoms with E-state index in [1.807, 2.05) is 77.9 Å². The molecule has 30 heavy (non-hydrogen) atoms. The molecule has 0 fully saturated rings. The van der Waals surface area contributed by atoms with Crippen LogP contribution < -0.4 is 5.32 Å². The molecule has 1 aromatic heterocycles. The SMILES string of the molecule is Cc1ccc(-n2c(C)cc(/C=C(\C#N)C(=O)O[C@H](C)C(=O)NC(C)(C)C)c2C)cc1. The van der Waals surface area contributed by atoms with E-state index >= 15 is 0 Å². The Labute approximate surface area is 178 Å². The number of nitriles is 1. The highest BCUT2D eigenvalue weighted by Crippen LogP contribution is 2.23.